The summed E-state index contributed by atoms with van der Waals surface area (Å²) in [6.45, 7) is 14.4. The SMILES string of the molecule is CCCCO[C@H]1COC[C@H](N(C(=O)OC(C)(C)C)C(=O)OC(C)(C)C)C(=O)O[C@@H](C)[C@@H]1OCCOC. The second-order valence-corrected chi connectivity index (χ2v) is 10.6. The van der Waals surface area contributed by atoms with Crippen LogP contribution in [0.5, 0.6) is 0 Å². The summed E-state index contributed by atoms with van der Waals surface area (Å²) in [5.41, 5.74) is -1.85. The minimum absolute atomic E-state index is 0.0509. The van der Waals surface area contributed by atoms with E-state index in [4.69, 9.17) is 33.2 Å². The number of amides is 2. The van der Waals surface area contributed by atoms with Crippen LogP contribution in [0, 0.1) is 0 Å². The minimum Gasteiger partial charge on any atom is -0.458 e. The molecule has 0 bridgehead atoms. The highest BCUT2D eigenvalue weighted by Crippen LogP contribution is 2.22. The van der Waals surface area contributed by atoms with Crippen molar-refractivity contribution in [1.29, 1.82) is 0 Å². The van der Waals surface area contributed by atoms with Crippen molar-refractivity contribution < 1.29 is 47.5 Å². The maximum absolute atomic E-state index is 13.3. The van der Waals surface area contributed by atoms with Crippen molar-refractivity contribution in [3.63, 3.8) is 0 Å². The molecule has 210 valence electrons. The lowest BCUT2D eigenvalue weighted by atomic mass is 10.1. The summed E-state index contributed by atoms with van der Waals surface area (Å²) in [4.78, 5) is 40.0. The number of ether oxygens (including phenoxy) is 7. The van der Waals surface area contributed by atoms with Gasteiger partial charge in [0.2, 0.25) is 0 Å². The zero-order valence-electron chi connectivity index (χ0n) is 23.3. The molecule has 0 saturated carbocycles. The highest BCUT2D eigenvalue weighted by atomic mass is 16.6. The standard InChI is InChI=1S/C25H45NO10/c1-10-11-12-32-19-16-31-15-18(21(27)34-17(2)20(19)33-14-13-30-9)26(22(28)35-24(3,4)5)23(29)36-25(6,7)8/h17-20H,10-16H2,1-9H3/t17-,18-,19-,20-/m0/s1. The third-order valence-corrected chi connectivity index (χ3v) is 4.88. The van der Waals surface area contributed by atoms with E-state index in [1.54, 1.807) is 55.6 Å². The zero-order valence-corrected chi connectivity index (χ0v) is 23.3. The monoisotopic (exact) mass is 519 g/mol. The molecular weight excluding hydrogens is 474 g/mol. The van der Waals surface area contributed by atoms with E-state index in [0.717, 1.165) is 12.8 Å². The number of imide groups is 1. The Bertz CT molecular complexity index is 672. The molecular formula is C25H45NO10. The predicted octanol–water partition coefficient (Wildman–Crippen LogP) is 3.71. The first-order valence-electron chi connectivity index (χ1n) is 12.5. The van der Waals surface area contributed by atoms with Crippen LogP contribution >= 0.6 is 0 Å². The lowest BCUT2D eigenvalue weighted by molar-refractivity contribution is -0.171. The second kappa shape index (κ2) is 14.7. The lowest BCUT2D eigenvalue weighted by Crippen LogP contribution is -2.54. The number of carbonyl (C=O) groups excluding carboxylic acids is 3. The Morgan fingerprint density at radius 1 is 0.944 bits per heavy atom. The number of esters is 1. The van der Waals surface area contributed by atoms with Gasteiger partial charge in [-0.3, -0.25) is 0 Å². The molecule has 0 aromatic rings. The smallest absolute Gasteiger partial charge is 0.420 e. The molecule has 36 heavy (non-hydrogen) atoms. The fraction of sp³-hybridized carbons (Fsp3) is 0.880. The Labute approximate surface area is 215 Å². The number of hydrogen-bond acceptors (Lipinski definition) is 10. The molecule has 0 aromatic heterocycles. The van der Waals surface area contributed by atoms with Crippen LogP contribution in [-0.2, 0) is 38.0 Å². The van der Waals surface area contributed by atoms with Gasteiger partial charge in [-0.1, -0.05) is 13.3 Å². The van der Waals surface area contributed by atoms with Gasteiger partial charge in [0.15, 0.2) is 6.04 Å². The molecule has 0 aliphatic carbocycles. The largest absolute Gasteiger partial charge is 0.458 e. The lowest BCUT2D eigenvalue weighted by Gasteiger charge is -2.32. The molecule has 0 spiro atoms. The molecule has 0 unspecified atom stereocenters. The molecule has 11 nitrogen and oxygen atoms in total. The molecule has 0 N–H and O–H groups in total. The summed E-state index contributed by atoms with van der Waals surface area (Å²) in [6.07, 6.45) is -2.29. The minimum atomic E-state index is -1.44. The molecule has 2 amide bonds. The summed E-state index contributed by atoms with van der Waals surface area (Å²) in [6, 6.07) is -1.44. The van der Waals surface area contributed by atoms with Gasteiger partial charge in [0, 0.05) is 13.7 Å². The number of cyclic esters (lactones) is 1. The van der Waals surface area contributed by atoms with Gasteiger partial charge in [0.1, 0.15) is 29.5 Å². The first-order chi connectivity index (χ1) is 16.7. The highest BCUT2D eigenvalue weighted by molar-refractivity contribution is 5.94. The Morgan fingerprint density at radius 2 is 1.53 bits per heavy atom. The Morgan fingerprint density at radius 3 is 2.03 bits per heavy atom. The van der Waals surface area contributed by atoms with Gasteiger partial charge >= 0.3 is 18.2 Å². The van der Waals surface area contributed by atoms with Gasteiger partial charge in [-0.2, -0.15) is 4.90 Å². The average Bonchev–Trinajstić information content (AvgIpc) is 2.76. The van der Waals surface area contributed by atoms with Crippen LogP contribution in [0.1, 0.15) is 68.2 Å². The summed E-state index contributed by atoms with van der Waals surface area (Å²) in [7, 11) is 1.56. The fourth-order valence-electron chi connectivity index (χ4n) is 3.25. The van der Waals surface area contributed by atoms with E-state index in [9.17, 15) is 14.4 Å². The van der Waals surface area contributed by atoms with Crippen molar-refractivity contribution in [1.82, 2.24) is 4.90 Å². The van der Waals surface area contributed by atoms with Crippen LogP contribution < -0.4 is 0 Å². The van der Waals surface area contributed by atoms with Crippen molar-refractivity contribution >= 4 is 18.2 Å². The van der Waals surface area contributed by atoms with Crippen LogP contribution in [0.25, 0.3) is 0 Å². The quantitative estimate of drug-likeness (QED) is 0.253. The first-order valence-corrected chi connectivity index (χ1v) is 12.5. The van der Waals surface area contributed by atoms with Crippen molar-refractivity contribution in [2.45, 2.75) is 104 Å². The maximum atomic E-state index is 13.3. The van der Waals surface area contributed by atoms with Gasteiger partial charge in [0.25, 0.3) is 0 Å². The third kappa shape index (κ3) is 11.4. The van der Waals surface area contributed by atoms with Gasteiger partial charge in [-0.25, -0.2) is 14.4 Å². The van der Waals surface area contributed by atoms with Crippen LogP contribution in [0.3, 0.4) is 0 Å². The normalized spacial score (nSPS) is 23.6. The van der Waals surface area contributed by atoms with Crippen LogP contribution in [0.2, 0.25) is 0 Å². The van der Waals surface area contributed by atoms with Gasteiger partial charge < -0.3 is 33.2 Å². The van der Waals surface area contributed by atoms with Crippen molar-refractivity contribution in [2.75, 3.05) is 40.1 Å². The molecule has 1 rings (SSSR count). The summed E-state index contributed by atoms with van der Waals surface area (Å²) >= 11 is 0. The van der Waals surface area contributed by atoms with E-state index in [1.165, 1.54) is 0 Å². The molecule has 1 aliphatic rings. The molecule has 11 heteroatoms. The van der Waals surface area contributed by atoms with E-state index in [-0.39, 0.29) is 19.8 Å². The van der Waals surface area contributed by atoms with E-state index < -0.39 is 53.7 Å². The van der Waals surface area contributed by atoms with Crippen LogP contribution in [0.15, 0.2) is 0 Å². The third-order valence-electron chi connectivity index (χ3n) is 4.88. The number of nitrogens with zero attached hydrogens (tertiary/aromatic N) is 1. The van der Waals surface area contributed by atoms with E-state index >= 15 is 0 Å². The topological polar surface area (TPSA) is 119 Å². The zero-order chi connectivity index (χ0) is 27.5. The van der Waals surface area contributed by atoms with Gasteiger partial charge in [-0.15, -0.1) is 0 Å². The molecule has 1 aliphatic heterocycles. The molecule has 0 aromatic carbocycles. The first kappa shape index (κ1) is 32.1. The Balaban J connectivity index is 3.26. The van der Waals surface area contributed by atoms with Crippen molar-refractivity contribution in [2.24, 2.45) is 0 Å². The molecule has 1 heterocycles. The van der Waals surface area contributed by atoms with Crippen molar-refractivity contribution in [3.8, 4) is 0 Å². The van der Waals surface area contributed by atoms with Gasteiger partial charge in [-0.05, 0) is 54.9 Å². The number of hydrogen-bond donors (Lipinski definition) is 0. The number of unbranched alkanes of at least 4 members (excludes halogenated alkanes) is 1. The van der Waals surface area contributed by atoms with Crippen LogP contribution in [0.4, 0.5) is 9.59 Å². The molecule has 1 saturated heterocycles. The fourth-order valence-corrected chi connectivity index (χ4v) is 3.25. The molecule has 4 atom stereocenters. The number of rotatable bonds is 9. The second-order valence-electron chi connectivity index (χ2n) is 10.6. The maximum Gasteiger partial charge on any atom is 0.420 e. The summed E-state index contributed by atoms with van der Waals surface area (Å²) in [5, 5.41) is 0. The van der Waals surface area contributed by atoms with E-state index in [1.807, 2.05) is 6.92 Å². The number of methoxy groups -OCH3 is 1. The van der Waals surface area contributed by atoms with E-state index in [0.29, 0.717) is 18.1 Å². The van der Waals surface area contributed by atoms with Crippen LogP contribution in [-0.4, -0.2) is 98.8 Å². The highest BCUT2D eigenvalue weighted by Gasteiger charge is 2.44. The Hall–Kier alpha value is -1.95. The summed E-state index contributed by atoms with van der Waals surface area (Å²) < 4.78 is 39.3. The molecule has 0 radical (unpaired) electrons. The Kier molecular flexibility index (Phi) is 13.1. The molecule has 1 fully saturated rings. The van der Waals surface area contributed by atoms with E-state index in [2.05, 4.69) is 0 Å². The number of carbonyl (C=O) groups is 3. The summed E-state index contributed by atoms with van der Waals surface area (Å²) in [5.74, 6) is -0.853. The van der Waals surface area contributed by atoms with Gasteiger partial charge in [0.05, 0.1) is 26.4 Å². The average molecular weight is 520 g/mol. The predicted molar refractivity (Wildman–Crippen MR) is 131 cm³/mol. The van der Waals surface area contributed by atoms with Crippen molar-refractivity contribution in [3.05, 3.63) is 0 Å².